The standard InChI is InChI=1S/C17H22N2O/c1-4-16(15-7-5-6-8-17(15)20-3)19-12-14-10-9-13(2)11-18-14/h5-11,16,19H,4,12H2,1-3H3/t16-/m1/s1. The van der Waals surface area contributed by atoms with E-state index in [1.54, 1.807) is 7.11 Å². The normalized spacial score (nSPS) is 12.2. The Kier molecular flexibility index (Phi) is 5.13. The fraction of sp³-hybridized carbons (Fsp3) is 0.353. The van der Waals surface area contributed by atoms with Gasteiger partial charge >= 0.3 is 0 Å². The number of benzene rings is 1. The van der Waals surface area contributed by atoms with Crippen molar-refractivity contribution in [3.63, 3.8) is 0 Å². The number of nitrogens with zero attached hydrogens (tertiary/aromatic N) is 1. The molecule has 1 atom stereocenters. The lowest BCUT2D eigenvalue weighted by molar-refractivity contribution is 0.396. The third kappa shape index (κ3) is 3.58. The van der Waals surface area contributed by atoms with E-state index in [1.165, 1.54) is 11.1 Å². The van der Waals surface area contributed by atoms with Gasteiger partial charge in [0.15, 0.2) is 0 Å². The minimum Gasteiger partial charge on any atom is -0.496 e. The zero-order valence-electron chi connectivity index (χ0n) is 12.4. The molecule has 0 aliphatic rings. The van der Waals surface area contributed by atoms with Crippen molar-refractivity contribution < 1.29 is 4.74 Å². The Morgan fingerprint density at radius 3 is 2.65 bits per heavy atom. The van der Waals surface area contributed by atoms with Crippen LogP contribution in [-0.4, -0.2) is 12.1 Å². The lowest BCUT2D eigenvalue weighted by atomic mass is 10.0. The molecule has 1 heterocycles. The van der Waals surface area contributed by atoms with Crippen LogP contribution in [0.5, 0.6) is 5.75 Å². The molecule has 1 aromatic heterocycles. The van der Waals surface area contributed by atoms with Gasteiger partial charge < -0.3 is 10.1 Å². The molecule has 1 aromatic carbocycles. The van der Waals surface area contributed by atoms with Crippen molar-refractivity contribution in [2.45, 2.75) is 32.9 Å². The Hall–Kier alpha value is -1.87. The van der Waals surface area contributed by atoms with Crippen LogP contribution >= 0.6 is 0 Å². The van der Waals surface area contributed by atoms with E-state index in [2.05, 4.69) is 35.4 Å². The maximum absolute atomic E-state index is 5.44. The molecule has 2 rings (SSSR count). The van der Waals surface area contributed by atoms with Crippen LogP contribution in [0.4, 0.5) is 0 Å². The fourth-order valence-electron chi connectivity index (χ4n) is 2.26. The van der Waals surface area contributed by atoms with Gasteiger partial charge in [0.2, 0.25) is 0 Å². The highest BCUT2D eigenvalue weighted by Crippen LogP contribution is 2.26. The van der Waals surface area contributed by atoms with E-state index in [0.29, 0.717) is 0 Å². The summed E-state index contributed by atoms with van der Waals surface area (Å²) in [6.45, 7) is 4.98. The summed E-state index contributed by atoms with van der Waals surface area (Å²) in [5.74, 6) is 0.934. The van der Waals surface area contributed by atoms with Crippen LogP contribution in [-0.2, 0) is 6.54 Å². The predicted molar refractivity (Wildman–Crippen MR) is 81.8 cm³/mol. The zero-order chi connectivity index (χ0) is 14.4. The van der Waals surface area contributed by atoms with Gasteiger partial charge in [0.05, 0.1) is 12.8 Å². The molecule has 3 heteroatoms. The average molecular weight is 270 g/mol. The van der Waals surface area contributed by atoms with Crippen LogP contribution in [0.1, 0.15) is 36.2 Å². The number of rotatable bonds is 6. The number of ether oxygens (including phenoxy) is 1. The van der Waals surface area contributed by atoms with Crippen molar-refractivity contribution in [2.24, 2.45) is 0 Å². The van der Waals surface area contributed by atoms with Gasteiger partial charge in [0, 0.05) is 24.3 Å². The number of hydrogen-bond acceptors (Lipinski definition) is 3. The number of methoxy groups -OCH3 is 1. The van der Waals surface area contributed by atoms with E-state index in [9.17, 15) is 0 Å². The third-order valence-corrected chi connectivity index (χ3v) is 3.42. The van der Waals surface area contributed by atoms with Crippen molar-refractivity contribution >= 4 is 0 Å². The molecule has 0 saturated carbocycles. The lowest BCUT2D eigenvalue weighted by Gasteiger charge is -2.19. The second kappa shape index (κ2) is 7.06. The molecular weight excluding hydrogens is 248 g/mol. The number of aryl methyl sites for hydroxylation is 1. The highest BCUT2D eigenvalue weighted by molar-refractivity contribution is 5.35. The van der Waals surface area contributed by atoms with E-state index >= 15 is 0 Å². The van der Waals surface area contributed by atoms with E-state index in [-0.39, 0.29) is 6.04 Å². The summed E-state index contributed by atoms with van der Waals surface area (Å²) in [4.78, 5) is 4.43. The summed E-state index contributed by atoms with van der Waals surface area (Å²) in [5, 5.41) is 3.55. The molecule has 0 aliphatic heterocycles. The first-order valence-corrected chi connectivity index (χ1v) is 7.02. The zero-order valence-corrected chi connectivity index (χ0v) is 12.4. The molecule has 1 N–H and O–H groups in total. The molecule has 0 bridgehead atoms. The summed E-state index contributed by atoms with van der Waals surface area (Å²) in [6, 6.07) is 12.6. The van der Waals surface area contributed by atoms with Crippen molar-refractivity contribution in [1.29, 1.82) is 0 Å². The monoisotopic (exact) mass is 270 g/mol. The molecule has 0 radical (unpaired) electrons. The van der Waals surface area contributed by atoms with Crippen LogP contribution in [0.25, 0.3) is 0 Å². The first-order valence-electron chi connectivity index (χ1n) is 7.02. The number of hydrogen-bond donors (Lipinski definition) is 1. The SMILES string of the molecule is CC[C@@H](NCc1ccc(C)cn1)c1ccccc1OC. The number of para-hydroxylation sites is 1. The number of pyridine rings is 1. The molecule has 0 amide bonds. The summed E-state index contributed by atoms with van der Waals surface area (Å²) < 4.78 is 5.44. The minimum absolute atomic E-state index is 0.272. The predicted octanol–water partition coefficient (Wildman–Crippen LogP) is 3.64. The maximum Gasteiger partial charge on any atom is 0.123 e. The molecule has 0 spiro atoms. The quantitative estimate of drug-likeness (QED) is 0.870. The van der Waals surface area contributed by atoms with Crippen LogP contribution in [0.3, 0.4) is 0 Å². The van der Waals surface area contributed by atoms with Crippen molar-refractivity contribution in [3.05, 3.63) is 59.4 Å². The van der Waals surface area contributed by atoms with E-state index in [1.807, 2.05) is 31.3 Å². The highest BCUT2D eigenvalue weighted by Gasteiger charge is 2.13. The first-order chi connectivity index (χ1) is 9.74. The largest absolute Gasteiger partial charge is 0.496 e. The van der Waals surface area contributed by atoms with Crippen LogP contribution in [0.2, 0.25) is 0 Å². The Labute approximate surface area is 121 Å². The molecule has 0 fully saturated rings. The van der Waals surface area contributed by atoms with E-state index in [4.69, 9.17) is 4.74 Å². The van der Waals surface area contributed by atoms with Crippen molar-refractivity contribution in [1.82, 2.24) is 10.3 Å². The Bertz CT molecular complexity index is 537. The molecule has 0 saturated heterocycles. The molecule has 106 valence electrons. The van der Waals surface area contributed by atoms with Gasteiger partial charge in [-0.2, -0.15) is 0 Å². The van der Waals surface area contributed by atoms with Gasteiger partial charge in [-0.3, -0.25) is 4.98 Å². The van der Waals surface area contributed by atoms with Gasteiger partial charge in [-0.15, -0.1) is 0 Å². The molecule has 0 unspecified atom stereocenters. The van der Waals surface area contributed by atoms with Crippen LogP contribution < -0.4 is 10.1 Å². The second-order valence-electron chi connectivity index (χ2n) is 4.91. The van der Waals surface area contributed by atoms with E-state index in [0.717, 1.165) is 24.4 Å². The van der Waals surface area contributed by atoms with Gasteiger partial charge in [-0.25, -0.2) is 0 Å². The summed E-state index contributed by atoms with van der Waals surface area (Å²) in [6.07, 6.45) is 2.91. The van der Waals surface area contributed by atoms with E-state index < -0.39 is 0 Å². The fourth-order valence-corrected chi connectivity index (χ4v) is 2.26. The number of aromatic nitrogens is 1. The van der Waals surface area contributed by atoms with Gasteiger partial charge in [-0.1, -0.05) is 31.2 Å². The third-order valence-electron chi connectivity index (χ3n) is 3.42. The summed E-state index contributed by atoms with van der Waals surface area (Å²) >= 11 is 0. The molecular formula is C17H22N2O. The highest BCUT2D eigenvalue weighted by atomic mass is 16.5. The van der Waals surface area contributed by atoms with Gasteiger partial charge in [0.25, 0.3) is 0 Å². The lowest BCUT2D eigenvalue weighted by Crippen LogP contribution is -2.21. The minimum atomic E-state index is 0.272. The van der Waals surface area contributed by atoms with Crippen LogP contribution in [0.15, 0.2) is 42.6 Å². The Morgan fingerprint density at radius 1 is 1.20 bits per heavy atom. The van der Waals surface area contributed by atoms with Crippen molar-refractivity contribution in [2.75, 3.05) is 7.11 Å². The van der Waals surface area contributed by atoms with Crippen molar-refractivity contribution in [3.8, 4) is 5.75 Å². The Morgan fingerprint density at radius 2 is 2.00 bits per heavy atom. The molecule has 0 aliphatic carbocycles. The molecule has 20 heavy (non-hydrogen) atoms. The molecule has 3 nitrogen and oxygen atoms in total. The first kappa shape index (κ1) is 14.5. The van der Waals surface area contributed by atoms with Gasteiger partial charge in [0.1, 0.15) is 5.75 Å². The summed E-state index contributed by atoms with van der Waals surface area (Å²) in [5.41, 5.74) is 3.44. The Balaban J connectivity index is 2.07. The summed E-state index contributed by atoms with van der Waals surface area (Å²) in [7, 11) is 1.72. The average Bonchev–Trinajstić information content (AvgIpc) is 2.50. The maximum atomic E-state index is 5.44. The van der Waals surface area contributed by atoms with Gasteiger partial charge in [-0.05, 0) is 31.0 Å². The second-order valence-corrected chi connectivity index (χ2v) is 4.91. The number of nitrogens with one attached hydrogen (secondary N) is 1. The van der Waals surface area contributed by atoms with Crippen LogP contribution in [0, 0.1) is 6.92 Å². The topological polar surface area (TPSA) is 34.2 Å². The smallest absolute Gasteiger partial charge is 0.123 e. The molecule has 2 aromatic rings.